The Morgan fingerprint density at radius 2 is 1.40 bits per heavy atom. The molecular formula is C37H23F3IrN2-2. The van der Waals surface area contributed by atoms with Gasteiger partial charge in [-0.1, -0.05) is 83.9 Å². The number of halogens is 3. The first-order valence-electron chi connectivity index (χ1n) is 13.6. The van der Waals surface area contributed by atoms with Crippen molar-refractivity contribution in [2.24, 2.45) is 0 Å². The van der Waals surface area contributed by atoms with E-state index in [1.807, 2.05) is 54.7 Å². The van der Waals surface area contributed by atoms with Gasteiger partial charge < -0.3 is 9.97 Å². The van der Waals surface area contributed by atoms with Gasteiger partial charge in [0.15, 0.2) is 0 Å². The summed E-state index contributed by atoms with van der Waals surface area (Å²) in [5, 5.41) is 5.44. The van der Waals surface area contributed by atoms with Crippen LogP contribution in [0.2, 0.25) is 0 Å². The molecule has 0 saturated carbocycles. The summed E-state index contributed by atoms with van der Waals surface area (Å²) in [5.74, 6) is 0. The molecule has 1 unspecified atom stereocenters. The quantitative estimate of drug-likeness (QED) is 0.124. The Kier molecular flexibility index (Phi) is 7.37. The van der Waals surface area contributed by atoms with Crippen LogP contribution in [0.3, 0.4) is 0 Å². The molecule has 0 amide bonds. The molecule has 2 nitrogen and oxygen atoms in total. The number of nitrogens with zero attached hydrogens (tertiary/aromatic N) is 2. The molecule has 0 fully saturated rings. The van der Waals surface area contributed by atoms with Crippen LogP contribution >= 0.6 is 0 Å². The molecule has 1 aliphatic carbocycles. The van der Waals surface area contributed by atoms with Crippen LogP contribution in [0.5, 0.6) is 0 Å². The zero-order chi connectivity index (χ0) is 28.9. The minimum Gasteiger partial charge on any atom is -0.304 e. The second kappa shape index (κ2) is 11.0. The van der Waals surface area contributed by atoms with E-state index >= 15 is 0 Å². The third-order valence-electron chi connectivity index (χ3n) is 8.13. The first kappa shape index (κ1) is 28.7. The van der Waals surface area contributed by atoms with Gasteiger partial charge in [0.2, 0.25) is 0 Å². The summed E-state index contributed by atoms with van der Waals surface area (Å²) < 4.78 is 42.7. The number of hydrogen-bond donors (Lipinski definition) is 0. The van der Waals surface area contributed by atoms with Gasteiger partial charge in [-0.3, -0.25) is 0 Å². The molecule has 0 N–H and O–H groups in total. The molecule has 213 valence electrons. The molecule has 2 heterocycles. The van der Waals surface area contributed by atoms with Crippen molar-refractivity contribution >= 4 is 32.4 Å². The summed E-state index contributed by atoms with van der Waals surface area (Å²) >= 11 is 0. The summed E-state index contributed by atoms with van der Waals surface area (Å²) in [6, 6.07) is 40.3. The maximum absolute atomic E-state index is 14.2. The molecule has 6 heteroatoms. The molecule has 1 radical (unpaired) electrons. The SMILES string of the molecule is CC1(C(F)(F)F)c2ccccc2-c2c[c-]c(-c3cc4ccccc4cn3)cc21.[Ir].[c-]1cccc2ccc3cccnc3c12. The van der Waals surface area contributed by atoms with Crippen LogP contribution in [0.15, 0.2) is 122 Å². The van der Waals surface area contributed by atoms with Crippen LogP contribution in [0.25, 0.3) is 54.8 Å². The van der Waals surface area contributed by atoms with Crippen molar-refractivity contribution in [2.45, 2.75) is 18.5 Å². The topological polar surface area (TPSA) is 25.8 Å². The minimum atomic E-state index is -4.41. The van der Waals surface area contributed by atoms with Gasteiger partial charge in [-0.25, -0.2) is 0 Å². The van der Waals surface area contributed by atoms with E-state index in [-0.39, 0.29) is 31.2 Å². The van der Waals surface area contributed by atoms with Crippen molar-refractivity contribution in [1.82, 2.24) is 9.97 Å². The fourth-order valence-corrected chi connectivity index (χ4v) is 5.85. The van der Waals surface area contributed by atoms with E-state index in [4.69, 9.17) is 0 Å². The second-order valence-corrected chi connectivity index (χ2v) is 10.5. The van der Waals surface area contributed by atoms with E-state index in [1.165, 1.54) is 17.7 Å². The monoisotopic (exact) mass is 745 g/mol. The summed E-state index contributed by atoms with van der Waals surface area (Å²) in [7, 11) is 0. The summed E-state index contributed by atoms with van der Waals surface area (Å²) in [6.07, 6.45) is -0.851. The normalized spacial score (nSPS) is 15.3. The Balaban J connectivity index is 0.000000184. The number of rotatable bonds is 1. The Hall–Kier alpha value is -4.38. The van der Waals surface area contributed by atoms with Crippen LogP contribution in [0.1, 0.15) is 18.1 Å². The standard InChI is InChI=1S/C24H15F3N.C13H8N.Ir/c1-23(24(25,26)27)20-9-5-4-8-18(20)19-11-10-16(12-21(19)23)22-13-15-6-2-3-7-17(15)14-28-22;1-2-6-12-10(4-1)7-8-11-5-3-9-14-13(11)12;/h2-9,11-14H,1H3;1-5,7-9H;/q2*-1;. The van der Waals surface area contributed by atoms with E-state index in [9.17, 15) is 13.2 Å². The smallest absolute Gasteiger partial charge is 0.304 e. The fraction of sp³-hybridized carbons (Fsp3) is 0.0811. The predicted octanol–water partition coefficient (Wildman–Crippen LogP) is 9.74. The fourth-order valence-electron chi connectivity index (χ4n) is 5.85. The first-order valence-corrected chi connectivity index (χ1v) is 13.6. The molecule has 1 aliphatic rings. The third kappa shape index (κ3) is 4.81. The van der Waals surface area contributed by atoms with Gasteiger partial charge in [-0.2, -0.15) is 13.2 Å². The Bertz CT molecular complexity index is 2070. The van der Waals surface area contributed by atoms with Gasteiger partial charge in [0, 0.05) is 32.5 Å². The van der Waals surface area contributed by atoms with Crippen molar-refractivity contribution in [3.05, 3.63) is 145 Å². The van der Waals surface area contributed by atoms with Crippen LogP contribution in [-0.4, -0.2) is 16.1 Å². The van der Waals surface area contributed by atoms with Gasteiger partial charge in [-0.05, 0) is 45.9 Å². The number of fused-ring (bicyclic) bond motifs is 7. The van der Waals surface area contributed by atoms with Gasteiger partial charge in [0.05, 0.1) is 5.41 Å². The van der Waals surface area contributed by atoms with Crippen molar-refractivity contribution in [3.63, 3.8) is 0 Å². The van der Waals surface area contributed by atoms with Crippen molar-refractivity contribution in [1.29, 1.82) is 0 Å². The number of alkyl halides is 3. The molecule has 0 bridgehead atoms. The van der Waals surface area contributed by atoms with E-state index in [0.717, 1.165) is 21.7 Å². The van der Waals surface area contributed by atoms with Gasteiger partial charge in [0.1, 0.15) is 0 Å². The molecule has 8 rings (SSSR count). The summed E-state index contributed by atoms with van der Waals surface area (Å²) in [4.78, 5) is 8.83. The summed E-state index contributed by atoms with van der Waals surface area (Å²) in [5.41, 5.74) is 1.89. The molecule has 5 aromatic carbocycles. The molecule has 0 saturated heterocycles. The number of aromatic nitrogens is 2. The Morgan fingerprint density at radius 3 is 2.23 bits per heavy atom. The third-order valence-corrected chi connectivity index (χ3v) is 8.13. The van der Waals surface area contributed by atoms with Crippen molar-refractivity contribution in [3.8, 4) is 22.4 Å². The Morgan fingerprint density at radius 1 is 0.674 bits per heavy atom. The zero-order valence-corrected chi connectivity index (χ0v) is 25.3. The van der Waals surface area contributed by atoms with Crippen LogP contribution < -0.4 is 0 Å². The molecule has 0 aliphatic heterocycles. The molecule has 1 atom stereocenters. The van der Waals surface area contributed by atoms with Crippen molar-refractivity contribution in [2.75, 3.05) is 0 Å². The number of benzene rings is 5. The average molecular weight is 745 g/mol. The van der Waals surface area contributed by atoms with Gasteiger partial charge >= 0.3 is 6.18 Å². The first-order chi connectivity index (χ1) is 20.3. The van der Waals surface area contributed by atoms with Crippen LogP contribution in [-0.2, 0) is 25.5 Å². The summed E-state index contributed by atoms with van der Waals surface area (Å²) in [6.45, 7) is 1.26. The second-order valence-electron chi connectivity index (χ2n) is 10.5. The van der Waals surface area contributed by atoms with Gasteiger partial charge in [-0.15, -0.1) is 64.4 Å². The van der Waals surface area contributed by atoms with E-state index in [0.29, 0.717) is 22.4 Å². The molecule has 43 heavy (non-hydrogen) atoms. The average Bonchev–Trinajstić information content (AvgIpc) is 3.30. The van der Waals surface area contributed by atoms with Crippen LogP contribution in [0.4, 0.5) is 13.2 Å². The largest absolute Gasteiger partial charge is 0.400 e. The maximum atomic E-state index is 14.2. The van der Waals surface area contributed by atoms with E-state index in [2.05, 4.69) is 46.4 Å². The Labute approximate surface area is 260 Å². The predicted molar refractivity (Wildman–Crippen MR) is 162 cm³/mol. The van der Waals surface area contributed by atoms with E-state index in [1.54, 1.807) is 42.6 Å². The minimum absolute atomic E-state index is 0. The van der Waals surface area contributed by atoms with Crippen LogP contribution in [0, 0.1) is 12.1 Å². The van der Waals surface area contributed by atoms with Gasteiger partial charge in [0.25, 0.3) is 0 Å². The molecular weight excluding hydrogens is 722 g/mol. The zero-order valence-electron chi connectivity index (χ0n) is 22.9. The molecule has 2 aromatic heterocycles. The molecule has 7 aromatic rings. The number of pyridine rings is 2. The van der Waals surface area contributed by atoms with Crippen molar-refractivity contribution < 1.29 is 33.3 Å². The molecule has 0 spiro atoms. The maximum Gasteiger partial charge on any atom is 0.400 e. The van der Waals surface area contributed by atoms with E-state index < -0.39 is 11.6 Å². The number of hydrogen-bond acceptors (Lipinski definition) is 2.